The van der Waals surface area contributed by atoms with Crippen molar-refractivity contribution in [1.29, 1.82) is 0 Å². The summed E-state index contributed by atoms with van der Waals surface area (Å²) in [6.45, 7) is 0. The van der Waals surface area contributed by atoms with E-state index in [2.05, 4.69) is 15.6 Å². The van der Waals surface area contributed by atoms with Crippen molar-refractivity contribution in [2.24, 2.45) is 0 Å². The number of oxazole rings is 1. The highest BCUT2D eigenvalue weighted by atomic mass is 19.1. The average Bonchev–Trinajstić information content (AvgIpc) is 3.21. The van der Waals surface area contributed by atoms with E-state index in [0.29, 0.717) is 11.6 Å². The highest BCUT2D eigenvalue weighted by Crippen LogP contribution is 2.25. The largest absolute Gasteiger partial charge is 0.444 e. The van der Waals surface area contributed by atoms with Gasteiger partial charge in [0.2, 0.25) is 5.89 Å². The number of hydrogen-bond donors (Lipinski definition) is 2. The lowest BCUT2D eigenvalue weighted by Crippen LogP contribution is -2.20. The predicted octanol–water partition coefficient (Wildman–Crippen LogP) is 5.79. The van der Waals surface area contributed by atoms with E-state index in [1.807, 2.05) is 30.3 Å². The maximum absolute atomic E-state index is 13.6. The number of carbonyl (C=O) groups is 1. The molecule has 0 bridgehead atoms. The summed E-state index contributed by atoms with van der Waals surface area (Å²) in [5, 5.41) is 5.13. The minimum atomic E-state index is -0.527. The van der Waals surface area contributed by atoms with Crippen LogP contribution in [0.25, 0.3) is 22.7 Å². The van der Waals surface area contributed by atoms with Gasteiger partial charge in [0.05, 0.1) is 5.69 Å². The molecule has 0 saturated heterocycles. The molecule has 5 nitrogen and oxygen atoms in total. The number of rotatable bonds is 4. The number of anilines is 2. The molecule has 0 aliphatic rings. The van der Waals surface area contributed by atoms with Gasteiger partial charge in [-0.3, -0.25) is 0 Å². The standard InChI is InChI=1S/C22H16FN3O2/c23-18-8-4-5-9-19(18)26-22(27)24-17-12-10-16(11-13-17)21-25-20(14-28-21)15-6-2-1-3-7-15/h1-14H,(H2,24,26,27). The Labute approximate surface area is 160 Å². The summed E-state index contributed by atoms with van der Waals surface area (Å²) in [7, 11) is 0. The number of hydrogen-bond acceptors (Lipinski definition) is 3. The molecule has 1 aromatic heterocycles. The van der Waals surface area contributed by atoms with Gasteiger partial charge in [0.15, 0.2) is 0 Å². The van der Waals surface area contributed by atoms with Crippen molar-refractivity contribution >= 4 is 17.4 Å². The van der Waals surface area contributed by atoms with Crippen LogP contribution in [-0.4, -0.2) is 11.0 Å². The molecular weight excluding hydrogens is 357 g/mol. The Morgan fingerprint density at radius 3 is 2.29 bits per heavy atom. The maximum Gasteiger partial charge on any atom is 0.323 e. The third kappa shape index (κ3) is 3.91. The van der Waals surface area contributed by atoms with Crippen molar-refractivity contribution in [2.75, 3.05) is 10.6 Å². The van der Waals surface area contributed by atoms with Gasteiger partial charge >= 0.3 is 6.03 Å². The SMILES string of the molecule is O=C(Nc1ccc(-c2nc(-c3ccccc3)co2)cc1)Nc1ccccc1F. The second-order valence-electron chi connectivity index (χ2n) is 6.04. The first-order chi connectivity index (χ1) is 13.7. The van der Waals surface area contributed by atoms with E-state index in [0.717, 1.165) is 16.8 Å². The molecule has 0 aliphatic heterocycles. The molecule has 6 heteroatoms. The van der Waals surface area contributed by atoms with Crippen LogP contribution < -0.4 is 10.6 Å². The number of nitrogens with one attached hydrogen (secondary N) is 2. The van der Waals surface area contributed by atoms with Crippen LogP contribution in [0.2, 0.25) is 0 Å². The lowest BCUT2D eigenvalue weighted by Gasteiger charge is -2.08. The summed E-state index contributed by atoms with van der Waals surface area (Å²) in [6.07, 6.45) is 1.61. The van der Waals surface area contributed by atoms with Crippen molar-refractivity contribution in [3.63, 3.8) is 0 Å². The van der Waals surface area contributed by atoms with Gasteiger partial charge in [-0.2, -0.15) is 0 Å². The summed E-state index contributed by atoms with van der Waals surface area (Å²) in [5.74, 6) is -0.00711. The Kier molecular flexibility index (Phi) is 4.84. The van der Waals surface area contributed by atoms with Crippen molar-refractivity contribution in [2.45, 2.75) is 0 Å². The number of carbonyl (C=O) groups excluding carboxylic acids is 1. The van der Waals surface area contributed by atoms with Crippen molar-refractivity contribution in [3.05, 3.63) is 90.9 Å². The predicted molar refractivity (Wildman–Crippen MR) is 106 cm³/mol. The minimum absolute atomic E-state index is 0.116. The van der Waals surface area contributed by atoms with Crippen molar-refractivity contribution < 1.29 is 13.6 Å². The molecule has 28 heavy (non-hydrogen) atoms. The van der Waals surface area contributed by atoms with E-state index in [1.54, 1.807) is 42.7 Å². The van der Waals surface area contributed by atoms with E-state index in [4.69, 9.17) is 4.42 Å². The Bertz CT molecular complexity index is 1090. The summed E-state index contributed by atoms with van der Waals surface area (Å²) in [4.78, 5) is 16.5. The topological polar surface area (TPSA) is 67.2 Å². The summed E-state index contributed by atoms with van der Waals surface area (Å²) >= 11 is 0. The van der Waals surface area contributed by atoms with Gasteiger partial charge in [-0.25, -0.2) is 14.2 Å². The van der Waals surface area contributed by atoms with Gasteiger partial charge in [-0.05, 0) is 36.4 Å². The third-order valence-corrected chi connectivity index (χ3v) is 4.09. The molecule has 138 valence electrons. The number of amides is 2. The molecule has 0 aliphatic carbocycles. The first-order valence-electron chi connectivity index (χ1n) is 8.63. The molecule has 0 fully saturated rings. The molecule has 4 rings (SSSR count). The van der Waals surface area contributed by atoms with Crippen LogP contribution in [0.15, 0.2) is 89.5 Å². The van der Waals surface area contributed by atoms with Gasteiger partial charge < -0.3 is 15.1 Å². The number of benzene rings is 3. The summed E-state index contributed by atoms with van der Waals surface area (Å²) in [6, 6.07) is 22.2. The zero-order valence-electron chi connectivity index (χ0n) is 14.7. The lowest BCUT2D eigenvalue weighted by atomic mass is 10.2. The van der Waals surface area contributed by atoms with E-state index < -0.39 is 11.8 Å². The fourth-order valence-electron chi connectivity index (χ4n) is 2.69. The van der Waals surface area contributed by atoms with Crippen LogP contribution in [0.1, 0.15) is 0 Å². The van der Waals surface area contributed by atoms with E-state index in [1.165, 1.54) is 12.1 Å². The van der Waals surface area contributed by atoms with Gasteiger partial charge in [-0.15, -0.1) is 0 Å². The van der Waals surface area contributed by atoms with Crippen LogP contribution in [0.5, 0.6) is 0 Å². The highest BCUT2D eigenvalue weighted by molar-refractivity contribution is 5.99. The van der Waals surface area contributed by atoms with Crippen LogP contribution in [0, 0.1) is 5.82 Å². The molecule has 2 amide bonds. The third-order valence-electron chi connectivity index (χ3n) is 4.09. The minimum Gasteiger partial charge on any atom is -0.444 e. The first-order valence-corrected chi connectivity index (χ1v) is 8.63. The van der Waals surface area contributed by atoms with Crippen LogP contribution >= 0.6 is 0 Å². The average molecular weight is 373 g/mol. The quantitative estimate of drug-likeness (QED) is 0.476. The van der Waals surface area contributed by atoms with Gasteiger partial charge in [-0.1, -0.05) is 42.5 Å². The normalized spacial score (nSPS) is 10.5. The number of para-hydroxylation sites is 1. The Balaban J connectivity index is 1.44. The van der Waals surface area contributed by atoms with E-state index >= 15 is 0 Å². The van der Waals surface area contributed by atoms with Gasteiger partial charge in [0.1, 0.15) is 17.8 Å². The van der Waals surface area contributed by atoms with Crippen molar-refractivity contribution in [1.82, 2.24) is 4.98 Å². The molecule has 0 saturated carbocycles. The maximum atomic E-state index is 13.6. The Morgan fingerprint density at radius 2 is 1.54 bits per heavy atom. The molecule has 3 aromatic carbocycles. The molecule has 0 spiro atoms. The summed E-state index contributed by atoms with van der Waals surface area (Å²) < 4.78 is 19.2. The van der Waals surface area contributed by atoms with Gasteiger partial charge in [0, 0.05) is 16.8 Å². The van der Waals surface area contributed by atoms with Crippen LogP contribution in [0.3, 0.4) is 0 Å². The Morgan fingerprint density at radius 1 is 0.821 bits per heavy atom. The molecule has 0 unspecified atom stereocenters. The van der Waals surface area contributed by atoms with Gasteiger partial charge in [0.25, 0.3) is 0 Å². The second-order valence-corrected chi connectivity index (χ2v) is 6.04. The lowest BCUT2D eigenvalue weighted by molar-refractivity contribution is 0.262. The van der Waals surface area contributed by atoms with Crippen LogP contribution in [-0.2, 0) is 0 Å². The molecular formula is C22H16FN3O2. The molecule has 4 aromatic rings. The van der Waals surface area contributed by atoms with E-state index in [9.17, 15) is 9.18 Å². The monoisotopic (exact) mass is 373 g/mol. The van der Waals surface area contributed by atoms with E-state index in [-0.39, 0.29) is 5.69 Å². The zero-order valence-corrected chi connectivity index (χ0v) is 14.7. The molecule has 0 atom stereocenters. The smallest absolute Gasteiger partial charge is 0.323 e. The fraction of sp³-hybridized carbons (Fsp3) is 0. The number of halogens is 1. The first kappa shape index (κ1) is 17.5. The zero-order chi connectivity index (χ0) is 19.3. The fourth-order valence-corrected chi connectivity index (χ4v) is 2.69. The second kappa shape index (κ2) is 7.75. The number of nitrogens with zero attached hydrogens (tertiary/aromatic N) is 1. The highest BCUT2D eigenvalue weighted by Gasteiger charge is 2.10. The Hall–Kier alpha value is -3.93. The van der Waals surface area contributed by atoms with Crippen molar-refractivity contribution in [3.8, 4) is 22.7 Å². The molecule has 1 heterocycles. The summed E-state index contributed by atoms with van der Waals surface area (Å²) in [5.41, 5.74) is 3.18. The van der Waals surface area contributed by atoms with Crippen LogP contribution in [0.4, 0.5) is 20.6 Å². The number of urea groups is 1. The number of aromatic nitrogens is 1. The molecule has 2 N–H and O–H groups in total. The molecule has 0 radical (unpaired) electrons.